The first-order valence-corrected chi connectivity index (χ1v) is 5.07. The van der Waals surface area contributed by atoms with Gasteiger partial charge in [-0.3, -0.25) is 0 Å². The van der Waals surface area contributed by atoms with Crippen molar-refractivity contribution in [1.82, 2.24) is 0 Å². The fourth-order valence-corrected chi connectivity index (χ4v) is 1.45. The molecule has 0 unspecified atom stereocenters. The Labute approximate surface area is 91.8 Å². The van der Waals surface area contributed by atoms with Gasteiger partial charge < -0.3 is 5.32 Å². The second-order valence-corrected chi connectivity index (χ2v) is 3.82. The molecule has 0 spiro atoms. The second-order valence-electron chi connectivity index (χ2n) is 2.96. The summed E-state index contributed by atoms with van der Waals surface area (Å²) >= 11 is 3.13. The minimum absolute atomic E-state index is 0.245. The summed E-state index contributed by atoms with van der Waals surface area (Å²) < 4.78 is 13.5. The van der Waals surface area contributed by atoms with Gasteiger partial charge in [0.15, 0.2) is 0 Å². The van der Waals surface area contributed by atoms with Crippen LogP contribution in [0.2, 0.25) is 0 Å². The number of hydrogen-bond donors (Lipinski definition) is 1. The average molecular weight is 256 g/mol. The van der Waals surface area contributed by atoms with Crippen LogP contribution >= 0.6 is 15.9 Å². The Hall–Kier alpha value is -1.01. The number of anilines is 1. The lowest BCUT2D eigenvalue weighted by molar-refractivity contribution is 0.620. The van der Waals surface area contributed by atoms with Crippen molar-refractivity contribution in [1.29, 1.82) is 0 Å². The Bertz CT molecular complexity index is 368. The number of nitrogens with one attached hydrogen (secondary N) is 1. The summed E-state index contributed by atoms with van der Waals surface area (Å²) in [6, 6.07) is 3.21. The predicted molar refractivity (Wildman–Crippen MR) is 60.8 cm³/mol. The van der Waals surface area contributed by atoms with Gasteiger partial charge in [-0.1, -0.05) is 0 Å². The number of rotatable bonds is 3. The summed E-state index contributed by atoms with van der Waals surface area (Å²) in [7, 11) is 0. The van der Waals surface area contributed by atoms with E-state index in [1.54, 1.807) is 6.07 Å². The van der Waals surface area contributed by atoms with Gasteiger partial charge in [0.1, 0.15) is 5.82 Å². The zero-order valence-electron chi connectivity index (χ0n) is 7.90. The van der Waals surface area contributed by atoms with Crippen LogP contribution in [0, 0.1) is 25.1 Å². The zero-order chi connectivity index (χ0) is 10.6. The van der Waals surface area contributed by atoms with Gasteiger partial charge in [0.2, 0.25) is 0 Å². The lowest BCUT2D eigenvalue weighted by Gasteiger charge is -2.09. The molecule has 1 nitrogen and oxygen atoms in total. The topological polar surface area (TPSA) is 12.0 Å². The Morgan fingerprint density at radius 1 is 1.57 bits per heavy atom. The fourth-order valence-electron chi connectivity index (χ4n) is 1.11. The molecule has 0 radical (unpaired) electrons. The minimum Gasteiger partial charge on any atom is -0.384 e. The molecule has 0 heterocycles. The van der Waals surface area contributed by atoms with E-state index in [0.29, 0.717) is 17.4 Å². The Morgan fingerprint density at radius 2 is 2.29 bits per heavy atom. The molecule has 0 aliphatic carbocycles. The quantitative estimate of drug-likeness (QED) is 0.646. The van der Waals surface area contributed by atoms with Crippen LogP contribution in [0.1, 0.15) is 12.0 Å². The molecular formula is C11H11BrFN. The van der Waals surface area contributed by atoms with E-state index in [4.69, 9.17) is 6.42 Å². The minimum atomic E-state index is -0.245. The normalized spacial score (nSPS) is 9.57. The number of aryl methyl sites for hydroxylation is 1. The van der Waals surface area contributed by atoms with Gasteiger partial charge in [0, 0.05) is 18.7 Å². The van der Waals surface area contributed by atoms with Crippen molar-refractivity contribution >= 4 is 21.6 Å². The van der Waals surface area contributed by atoms with Crippen molar-refractivity contribution in [2.75, 3.05) is 11.9 Å². The third-order valence-electron chi connectivity index (χ3n) is 1.85. The molecule has 0 fully saturated rings. The van der Waals surface area contributed by atoms with E-state index < -0.39 is 0 Å². The summed E-state index contributed by atoms with van der Waals surface area (Å²) in [4.78, 5) is 0. The Balaban J connectivity index is 2.78. The van der Waals surface area contributed by atoms with Crippen molar-refractivity contribution in [3.63, 3.8) is 0 Å². The molecule has 1 N–H and O–H groups in total. The molecule has 0 saturated heterocycles. The van der Waals surface area contributed by atoms with Crippen LogP contribution in [0.4, 0.5) is 10.1 Å². The molecule has 1 rings (SSSR count). The molecule has 1 aromatic carbocycles. The molecule has 0 amide bonds. The smallest absolute Gasteiger partial charge is 0.137 e. The number of hydrogen-bond acceptors (Lipinski definition) is 1. The molecule has 0 aliphatic rings. The van der Waals surface area contributed by atoms with Gasteiger partial charge in [0.05, 0.1) is 4.47 Å². The van der Waals surface area contributed by atoms with E-state index >= 15 is 0 Å². The first-order valence-electron chi connectivity index (χ1n) is 4.28. The van der Waals surface area contributed by atoms with Crippen molar-refractivity contribution in [3.8, 4) is 12.3 Å². The molecule has 0 saturated carbocycles. The van der Waals surface area contributed by atoms with Crippen LogP contribution in [-0.2, 0) is 0 Å². The summed E-state index contributed by atoms with van der Waals surface area (Å²) in [5, 5.41) is 3.14. The van der Waals surface area contributed by atoms with E-state index in [1.165, 1.54) is 6.07 Å². The molecule has 0 aromatic heterocycles. The zero-order valence-corrected chi connectivity index (χ0v) is 9.49. The van der Waals surface area contributed by atoms with Gasteiger partial charge in [0.25, 0.3) is 0 Å². The summed E-state index contributed by atoms with van der Waals surface area (Å²) in [6.07, 6.45) is 5.79. The maximum absolute atomic E-state index is 13.0. The predicted octanol–water partition coefficient (Wildman–Crippen LogP) is 3.33. The molecule has 0 aliphatic heterocycles. The molecule has 0 bridgehead atoms. The monoisotopic (exact) mass is 255 g/mol. The third-order valence-corrected chi connectivity index (χ3v) is 2.46. The molecular weight excluding hydrogens is 245 g/mol. The fraction of sp³-hybridized carbons (Fsp3) is 0.273. The van der Waals surface area contributed by atoms with Crippen LogP contribution in [-0.4, -0.2) is 6.54 Å². The van der Waals surface area contributed by atoms with Crippen molar-refractivity contribution in [3.05, 3.63) is 28.0 Å². The Kier molecular flexibility index (Phi) is 3.97. The summed E-state index contributed by atoms with van der Waals surface area (Å²) in [6.45, 7) is 2.56. The largest absolute Gasteiger partial charge is 0.384 e. The standard InChI is InChI=1S/C11H11BrFN/c1-3-4-5-14-11-7-9(12)10(13)6-8(11)2/h1,6-7,14H,4-5H2,2H3. The highest BCUT2D eigenvalue weighted by atomic mass is 79.9. The lowest BCUT2D eigenvalue weighted by atomic mass is 10.2. The van der Waals surface area contributed by atoms with E-state index in [1.807, 2.05) is 6.92 Å². The maximum atomic E-state index is 13.0. The Morgan fingerprint density at radius 3 is 2.93 bits per heavy atom. The first kappa shape index (κ1) is 11.1. The maximum Gasteiger partial charge on any atom is 0.137 e. The average Bonchev–Trinajstić information content (AvgIpc) is 2.14. The second kappa shape index (κ2) is 5.02. The SMILES string of the molecule is C#CCCNc1cc(Br)c(F)cc1C. The van der Waals surface area contributed by atoms with Crippen molar-refractivity contribution in [2.45, 2.75) is 13.3 Å². The van der Waals surface area contributed by atoms with Crippen molar-refractivity contribution < 1.29 is 4.39 Å². The van der Waals surface area contributed by atoms with Crippen LogP contribution < -0.4 is 5.32 Å². The van der Waals surface area contributed by atoms with Crippen LogP contribution in [0.3, 0.4) is 0 Å². The van der Waals surface area contributed by atoms with Gasteiger partial charge in [-0.15, -0.1) is 12.3 Å². The first-order chi connectivity index (χ1) is 6.65. The number of terminal acetylenes is 1. The summed E-state index contributed by atoms with van der Waals surface area (Å²) in [5.41, 5.74) is 1.79. The highest BCUT2D eigenvalue weighted by molar-refractivity contribution is 9.10. The van der Waals surface area contributed by atoms with Crippen LogP contribution in [0.25, 0.3) is 0 Å². The van der Waals surface area contributed by atoms with Crippen LogP contribution in [0.15, 0.2) is 16.6 Å². The molecule has 74 valence electrons. The number of halogens is 2. The highest BCUT2D eigenvalue weighted by Crippen LogP contribution is 2.23. The van der Waals surface area contributed by atoms with Crippen molar-refractivity contribution in [2.24, 2.45) is 0 Å². The molecule has 0 atom stereocenters. The molecule has 14 heavy (non-hydrogen) atoms. The molecule has 1 aromatic rings. The number of benzene rings is 1. The van der Waals surface area contributed by atoms with Gasteiger partial charge in [-0.25, -0.2) is 4.39 Å². The van der Waals surface area contributed by atoms with Crippen LogP contribution in [0.5, 0.6) is 0 Å². The van der Waals surface area contributed by atoms with Gasteiger partial charge in [-0.05, 0) is 40.5 Å². The van der Waals surface area contributed by atoms with E-state index in [-0.39, 0.29) is 5.82 Å². The van der Waals surface area contributed by atoms with Gasteiger partial charge >= 0.3 is 0 Å². The van der Waals surface area contributed by atoms with Gasteiger partial charge in [-0.2, -0.15) is 0 Å². The van der Waals surface area contributed by atoms with E-state index in [2.05, 4.69) is 27.2 Å². The third kappa shape index (κ3) is 2.74. The van der Waals surface area contributed by atoms with E-state index in [0.717, 1.165) is 11.3 Å². The van der Waals surface area contributed by atoms with E-state index in [9.17, 15) is 4.39 Å². The summed E-state index contributed by atoms with van der Waals surface area (Å²) in [5.74, 6) is 2.29. The lowest BCUT2D eigenvalue weighted by Crippen LogP contribution is -2.02. The highest BCUT2D eigenvalue weighted by Gasteiger charge is 2.03. The molecule has 3 heteroatoms.